The Hall–Kier alpha value is -3.22. The van der Waals surface area contributed by atoms with Gasteiger partial charge in [0.25, 0.3) is 11.6 Å². The van der Waals surface area contributed by atoms with Crippen LogP contribution in [0.25, 0.3) is 0 Å². The van der Waals surface area contributed by atoms with E-state index in [0.29, 0.717) is 5.56 Å². The summed E-state index contributed by atoms with van der Waals surface area (Å²) >= 11 is 0. The van der Waals surface area contributed by atoms with Crippen LogP contribution < -0.4 is 5.32 Å². The van der Waals surface area contributed by atoms with Gasteiger partial charge in [-0.25, -0.2) is 4.79 Å². The van der Waals surface area contributed by atoms with Crippen molar-refractivity contribution in [1.82, 2.24) is 5.32 Å². The first kappa shape index (κ1) is 16.2. The fourth-order valence-electron chi connectivity index (χ4n) is 2.11. The fraction of sp³-hybridized carbons (Fsp3) is 0.125. The molecule has 0 aliphatic rings. The van der Waals surface area contributed by atoms with Crippen molar-refractivity contribution in [2.24, 2.45) is 0 Å². The molecule has 23 heavy (non-hydrogen) atoms. The van der Waals surface area contributed by atoms with Gasteiger partial charge in [-0.15, -0.1) is 0 Å². The topological polar surface area (TPSA) is 110 Å². The number of para-hydroxylation sites is 1. The van der Waals surface area contributed by atoms with E-state index in [1.165, 1.54) is 18.2 Å². The number of carboxylic acids is 1. The lowest BCUT2D eigenvalue weighted by atomic mass is 10.0. The number of hydrogen-bond acceptors (Lipinski definition) is 4. The van der Waals surface area contributed by atoms with Crippen LogP contribution in [0.2, 0.25) is 0 Å². The molecule has 0 spiro atoms. The predicted molar refractivity (Wildman–Crippen MR) is 82.1 cm³/mol. The van der Waals surface area contributed by atoms with E-state index in [0.717, 1.165) is 0 Å². The van der Waals surface area contributed by atoms with Crippen molar-refractivity contribution >= 4 is 17.6 Å². The molecule has 0 heterocycles. The van der Waals surface area contributed by atoms with Crippen molar-refractivity contribution in [2.45, 2.75) is 12.5 Å². The molecule has 0 fully saturated rings. The molecule has 7 heteroatoms. The standard InChI is InChI=1S/C16H14N2O5/c19-15(11-6-2-1-3-7-11)17-13(16(20)21)10-12-8-4-5-9-14(12)18(22)23/h1-9,13H,10H2,(H,17,19)(H,20,21)/t13-/m0/s1. The summed E-state index contributed by atoms with van der Waals surface area (Å²) in [6, 6.07) is 12.8. The second-order valence-electron chi connectivity index (χ2n) is 4.82. The van der Waals surface area contributed by atoms with Gasteiger partial charge in [-0.05, 0) is 12.1 Å². The first-order chi connectivity index (χ1) is 11.0. The van der Waals surface area contributed by atoms with Gasteiger partial charge in [-0.2, -0.15) is 0 Å². The Kier molecular flexibility index (Phi) is 5.03. The van der Waals surface area contributed by atoms with Gasteiger partial charge >= 0.3 is 5.97 Å². The monoisotopic (exact) mass is 314 g/mol. The number of nitro groups is 1. The zero-order chi connectivity index (χ0) is 16.8. The molecular weight excluding hydrogens is 300 g/mol. The van der Waals surface area contributed by atoms with Crippen LogP contribution in [0.5, 0.6) is 0 Å². The lowest BCUT2D eigenvalue weighted by molar-refractivity contribution is -0.385. The molecule has 7 nitrogen and oxygen atoms in total. The van der Waals surface area contributed by atoms with E-state index in [2.05, 4.69) is 5.32 Å². The van der Waals surface area contributed by atoms with Crippen molar-refractivity contribution in [1.29, 1.82) is 0 Å². The van der Waals surface area contributed by atoms with E-state index in [1.807, 2.05) is 0 Å². The second-order valence-corrected chi connectivity index (χ2v) is 4.82. The van der Waals surface area contributed by atoms with E-state index in [4.69, 9.17) is 0 Å². The van der Waals surface area contributed by atoms with Crippen LogP contribution in [0.1, 0.15) is 15.9 Å². The number of nitrogens with zero attached hydrogens (tertiary/aromatic N) is 1. The minimum absolute atomic E-state index is 0.173. The van der Waals surface area contributed by atoms with Gasteiger partial charge in [-0.3, -0.25) is 14.9 Å². The summed E-state index contributed by atoms with van der Waals surface area (Å²) in [4.78, 5) is 33.8. The summed E-state index contributed by atoms with van der Waals surface area (Å²) < 4.78 is 0. The summed E-state index contributed by atoms with van der Waals surface area (Å²) in [5.41, 5.74) is 0.396. The third-order valence-electron chi connectivity index (χ3n) is 3.25. The Morgan fingerprint density at radius 1 is 1.09 bits per heavy atom. The summed E-state index contributed by atoms with van der Waals surface area (Å²) in [7, 11) is 0. The molecule has 0 aromatic heterocycles. The van der Waals surface area contributed by atoms with Crippen LogP contribution in [0.3, 0.4) is 0 Å². The zero-order valence-electron chi connectivity index (χ0n) is 12.0. The van der Waals surface area contributed by atoms with Crippen molar-refractivity contribution in [3.05, 3.63) is 75.8 Å². The molecule has 0 radical (unpaired) electrons. The van der Waals surface area contributed by atoms with Crippen molar-refractivity contribution in [3.8, 4) is 0 Å². The Morgan fingerprint density at radius 3 is 2.30 bits per heavy atom. The number of amides is 1. The molecule has 2 N–H and O–H groups in total. The number of carbonyl (C=O) groups is 2. The number of benzene rings is 2. The van der Waals surface area contributed by atoms with Gasteiger partial charge < -0.3 is 10.4 Å². The summed E-state index contributed by atoms with van der Waals surface area (Å²) in [6.07, 6.45) is -0.176. The van der Waals surface area contributed by atoms with E-state index in [1.54, 1.807) is 36.4 Å². The Bertz CT molecular complexity index is 730. The highest BCUT2D eigenvalue weighted by Crippen LogP contribution is 2.19. The zero-order valence-corrected chi connectivity index (χ0v) is 12.0. The van der Waals surface area contributed by atoms with Crippen molar-refractivity contribution in [3.63, 3.8) is 0 Å². The predicted octanol–water partition coefficient (Wildman–Crippen LogP) is 2.02. The van der Waals surface area contributed by atoms with Gasteiger partial charge in [0.1, 0.15) is 6.04 Å². The molecule has 0 aliphatic heterocycles. The number of nitro benzene ring substituents is 1. The average molecular weight is 314 g/mol. The van der Waals surface area contributed by atoms with E-state index < -0.39 is 22.8 Å². The number of rotatable bonds is 6. The summed E-state index contributed by atoms with van der Waals surface area (Å²) in [5, 5.41) is 22.6. The third kappa shape index (κ3) is 4.13. The molecule has 2 rings (SSSR count). The van der Waals surface area contributed by atoms with Gasteiger partial charge in [0, 0.05) is 23.6 Å². The van der Waals surface area contributed by atoms with Crippen LogP contribution in [0, 0.1) is 10.1 Å². The maximum absolute atomic E-state index is 12.1. The van der Waals surface area contributed by atoms with Gasteiger partial charge in [0.15, 0.2) is 0 Å². The van der Waals surface area contributed by atoms with Crippen molar-refractivity contribution in [2.75, 3.05) is 0 Å². The Labute approximate surface area is 131 Å². The number of nitrogens with one attached hydrogen (secondary N) is 1. The van der Waals surface area contributed by atoms with E-state index >= 15 is 0 Å². The number of hydrogen-bond donors (Lipinski definition) is 2. The SMILES string of the molecule is O=C(N[C@@H](Cc1ccccc1[N+](=O)[O-])C(=O)O)c1ccccc1. The quantitative estimate of drug-likeness (QED) is 0.626. The first-order valence-corrected chi connectivity index (χ1v) is 6.80. The molecule has 0 aliphatic carbocycles. The minimum atomic E-state index is -1.26. The molecule has 0 bridgehead atoms. The van der Waals surface area contributed by atoms with E-state index in [-0.39, 0.29) is 17.7 Å². The van der Waals surface area contributed by atoms with Crippen LogP contribution in [-0.2, 0) is 11.2 Å². The molecule has 1 atom stereocenters. The molecule has 0 saturated carbocycles. The summed E-state index contributed by atoms with van der Waals surface area (Å²) in [5.74, 6) is -1.80. The lowest BCUT2D eigenvalue weighted by Crippen LogP contribution is -2.42. The smallest absolute Gasteiger partial charge is 0.326 e. The highest BCUT2D eigenvalue weighted by Gasteiger charge is 2.24. The highest BCUT2D eigenvalue weighted by atomic mass is 16.6. The second kappa shape index (κ2) is 7.17. The van der Waals surface area contributed by atoms with Crippen molar-refractivity contribution < 1.29 is 19.6 Å². The third-order valence-corrected chi connectivity index (χ3v) is 3.25. The largest absolute Gasteiger partial charge is 0.480 e. The molecule has 118 valence electrons. The number of aliphatic carboxylic acids is 1. The van der Waals surface area contributed by atoms with Crippen LogP contribution in [0.15, 0.2) is 54.6 Å². The normalized spacial score (nSPS) is 11.5. The Balaban J connectivity index is 2.19. The van der Waals surface area contributed by atoms with E-state index in [9.17, 15) is 24.8 Å². The molecule has 0 saturated heterocycles. The Morgan fingerprint density at radius 2 is 1.70 bits per heavy atom. The molecular formula is C16H14N2O5. The fourth-order valence-corrected chi connectivity index (χ4v) is 2.11. The highest BCUT2D eigenvalue weighted by molar-refractivity contribution is 5.96. The molecule has 2 aromatic rings. The molecule has 1 amide bonds. The number of carbonyl (C=O) groups excluding carboxylic acids is 1. The maximum Gasteiger partial charge on any atom is 0.326 e. The molecule has 0 unspecified atom stereocenters. The van der Waals surface area contributed by atoms with Crippen LogP contribution in [0.4, 0.5) is 5.69 Å². The molecule has 2 aromatic carbocycles. The number of carboxylic acid groups (broad SMARTS) is 1. The van der Waals surface area contributed by atoms with Gasteiger partial charge in [-0.1, -0.05) is 36.4 Å². The van der Waals surface area contributed by atoms with Crippen LogP contribution >= 0.6 is 0 Å². The summed E-state index contributed by atoms with van der Waals surface area (Å²) in [6.45, 7) is 0. The van der Waals surface area contributed by atoms with Crippen LogP contribution in [-0.4, -0.2) is 27.9 Å². The lowest BCUT2D eigenvalue weighted by Gasteiger charge is -2.14. The maximum atomic E-state index is 12.1. The van der Waals surface area contributed by atoms with Gasteiger partial charge in [0.2, 0.25) is 0 Å². The average Bonchev–Trinajstić information content (AvgIpc) is 2.55. The minimum Gasteiger partial charge on any atom is -0.480 e. The van der Waals surface area contributed by atoms with Gasteiger partial charge in [0.05, 0.1) is 4.92 Å². The first-order valence-electron chi connectivity index (χ1n) is 6.80.